The van der Waals surface area contributed by atoms with Gasteiger partial charge in [-0.25, -0.2) is 9.38 Å². The number of fused-ring (bicyclic) bond motifs is 2. The van der Waals surface area contributed by atoms with Crippen LogP contribution in [0.15, 0.2) is 51.5 Å². The summed E-state index contributed by atoms with van der Waals surface area (Å²) in [6, 6.07) is 1.94. The largest absolute Gasteiger partial charge is 0.389 e. The summed E-state index contributed by atoms with van der Waals surface area (Å²) in [5.74, 6) is 1.08. The van der Waals surface area contributed by atoms with E-state index in [0.717, 1.165) is 64.4 Å². The van der Waals surface area contributed by atoms with E-state index < -0.39 is 5.83 Å². The van der Waals surface area contributed by atoms with Crippen LogP contribution < -0.4 is 11.1 Å². The van der Waals surface area contributed by atoms with Gasteiger partial charge in [0, 0.05) is 30.4 Å². The van der Waals surface area contributed by atoms with Gasteiger partial charge in [0.05, 0.1) is 23.7 Å². The van der Waals surface area contributed by atoms with Crippen molar-refractivity contribution in [3.63, 3.8) is 0 Å². The molecule has 1 fully saturated rings. The number of halogens is 1. The Balaban J connectivity index is 1.64. The molecule has 3 atom stereocenters. The summed E-state index contributed by atoms with van der Waals surface area (Å²) >= 11 is 1.08. The Bertz CT molecular complexity index is 1290. The first-order valence-corrected chi connectivity index (χ1v) is 12.7. The Morgan fingerprint density at radius 1 is 1.47 bits per heavy atom. The summed E-state index contributed by atoms with van der Waals surface area (Å²) in [5, 5.41) is 14.4. The van der Waals surface area contributed by atoms with Crippen molar-refractivity contribution in [1.82, 2.24) is 10.2 Å². The smallest absolute Gasteiger partial charge is 0.198 e. The number of likely N-dealkylation sites (tertiary alicyclic amines) is 1. The van der Waals surface area contributed by atoms with Crippen LogP contribution in [0.5, 0.6) is 0 Å². The van der Waals surface area contributed by atoms with Gasteiger partial charge < -0.3 is 20.7 Å². The van der Waals surface area contributed by atoms with Gasteiger partial charge in [0.2, 0.25) is 0 Å². The van der Waals surface area contributed by atoms with Gasteiger partial charge >= 0.3 is 0 Å². The van der Waals surface area contributed by atoms with E-state index >= 15 is 0 Å². The molecule has 0 aromatic carbocycles. The molecule has 0 amide bonds. The van der Waals surface area contributed by atoms with E-state index in [-0.39, 0.29) is 16.6 Å². The molecular weight excluding hydrogens is 468 g/mol. The fourth-order valence-electron chi connectivity index (χ4n) is 5.09. The van der Waals surface area contributed by atoms with Gasteiger partial charge in [-0.3, -0.25) is 0 Å². The third-order valence-corrected chi connectivity index (χ3v) is 8.47. The first-order chi connectivity index (χ1) is 16.3. The van der Waals surface area contributed by atoms with Crippen molar-refractivity contribution >= 4 is 42.9 Å². The molecule has 1 aromatic rings. The molecule has 0 radical (unpaired) electrons. The van der Waals surface area contributed by atoms with E-state index in [2.05, 4.69) is 39.0 Å². The minimum absolute atomic E-state index is 0.221. The Morgan fingerprint density at radius 3 is 2.91 bits per heavy atom. The second-order valence-electron chi connectivity index (χ2n) is 8.99. The fourth-order valence-corrected chi connectivity index (χ4v) is 6.70. The molecule has 0 bridgehead atoms. The molecule has 6 nitrogen and oxygen atoms in total. The van der Waals surface area contributed by atoms with Gasteiger partial charge in [-0.15, -0.1) is 20.6 Å². The van der Waals surface area contributed by atoms with Crippen molar-refractivity contribution in [3.8, 4) is 6.07 Å². The maximum absolute atomic E-state index is 14.8. The molecule has 34 heavy (non-hydrogen) atoms. The topological polar surface area (TPSA) is 86.7 Å². The number of anilines is 1. The number of guanidine groups is 1. The van der Waals surface area contributed by atoms with E-state index in [4.69, 9.17) is 15.5 Å². The molecule has 1 aromatic heterocycles. The van der Waals surface area contributed by atoms with Crippen molar-refractivity contribution in [2.75, 3.05) is 32.0 Å². The summed E-state index contributed by atoms with van der Waals surface area (Å²) in [7, 11) is 2.84. The lowest BCUT2D eigenvalue weighted by atomic mass is 9.80. The average molecular weight is 496 g/mol. The zero-order valence-electron chi connectivity index (χ0n) is 19.2. The van der Waals surface area contributed by atoms with Crippen molar-refractivity contribution in [2.45, 2.75) is 26.3 Å². The Hall–Kier alpha value is -2.72. The van der Waals surface area contributed by atoms with Crippen LogP contribution in [0.3, 0.4) is 0 Å². The second-order valence-corrected chi connectivity index (χ2v) is 10.7. The quantitative estimate of drug-likeness (QED) is 0.600. The molecule has 3 aliphatic heterocycles. The third kappa shape index (κ3) is 3.54. The summed E-state index contributed by atoms with van der Waals surface area (Å²) in [4.78, 5) is 7.70. The monoisotopic (exact) mass is 495 g/mol. The Labute approximate surface area is 205 Å². The number of hydrogen-bond acceptors (Lipinski definition) is 7. The number of nitrogens with two attached hydrogens (primary N) is 1. The maximum atomic E-state index is 14.8. The van der Waals surface area contributed by atoms with Crippen LogP contribution in [-0.4, -0.2) is 43.2 Å². The highest BCUT2D eigenvalue weighted by Gasteiger charge is 2.39. The van der Waals surface area contributed by atoms with Crippen molar-refractivity contribution in [2.24, 2.45) is 10.9 Å². The highest BCUT2D eigenvalue weighted by atomic mass is 32.1. The van der Waals surface area contributed by atoms with Gasteiger partial charge in [-0.05, 0) is 46.9 Å². The number of thiophene rings is 1. The first kappa shape index (κ1) is 23.0. The number of rotatable bonds is 3. The summed E-state index contributed by atoms with van der Waals surface area (Å²) in [6.07, 6.45) is 4.56. The number of ether oxygens (including phenoxy) is 1. The van der Waals surface area contributed by atoms with E-state index in [0.29, 0.717) is 35.1 Å². The van der Waals surface area contributed by atoms with Gasteiger partial charge in [-0.2, -0.15) is 5.26 Å². The lowest BCUT2D eigenvalue weighted by Crippen LogP contribution is -2.42. The zero-order chi connectivity index (χ0) is 24.1. The van der Waals surface area contributed by atoms with Crippen LogP contribution in [0.25, 0.3) is 11.4 Å². The molecule has 3 unspecified atom stereocenters. The molecule has 4 aliphatic rings. The predicted octanol–water partition coefficient (Wildman–Crippen LogP) is 4.57. The van der Waals surface area contributed by atoms with Gasteiger partial charge in [0.25, 0.3) is 0 Å². The Kier molecular flexibility index (Phi) is 5.97. The highest BCUT2D eigenvalue weighted by molar-refractivity contribution is 7.23. The summed E-state index contributed by atoms with van der Waals surface area (Å²) in [6.45, 7) is 11.1. The van der Waals surface area contributed by atoms with Crippen LogP contribution in [-0.2, 0) is 4.74 Å². The molecule has 0 saturated carbocycles. The number of nitrogen functional groups attached to an aromatic ring is 1. The first-order valence-electron chi connectivity index (χ1n) is 11.3. The lowest BCUT2D eigenvalue weighted by molar-refractivity contribution is 0.206. The van der Waals surface area contributed by atoms with Crippen molar-refractivity contribution in [3.05, 3.63) is 62.5 Å². The van der Waals surface area contributed by atoms with E-state index in [1.165, 1.54) is 6.08 Å². The molecule has 9 heteroatoms. The SMILES string of the molecule is C=C(C1=C(P)C2N=C(N3CCC(C)C3)NC=C2C2=C1COC2)c1c(/C(F)=C\C)sc(N)c1C#N. The van der Waals surface area contributed by atoms with Crippen molar-refractivity contribution < 1.29 is 9.13 Å². The number of nitriles is 1. The van der Waals surface area contributed by atoms with Gasteiger partial charge in [0.15, 0.2) is 5.96 Å². The minimum Gasteiger partial charge on any atom is -0.389 e. The molecule has 0 spiro atoms. The Morgan fingerprint density at radius 2 is 2.24 bits per heavy atom. The molecule has 1 aliphatic carbocycles. The number of aliphatic imine (C=N–C) groups is 1. The summed E-state index contributed by atoms with van der Waals surface area (Å²) in [5.41, 5.74) is 11.4. The third-order valence-electron chi connectivity index (χ3n) is 6.84. The van der Waals surface area contributed by atoms with Gasteiger partial charge in [0.1, 0.15) is 22.9 Å². The van der Waals surface area contributed by atoms with Crippen LogP contribution in [0.1, 0.15) is 36.3 Å². The van der Waals surface area contributed by atoms with E-state index in [1.807, 2.05) is 6.20 Å². The lowest BCUT2D eigenvalue weighted by Gasteiger charge is -2.34. The minimum atomic E-state index is -0.418. The summed E-state index contributed by atoms with van der Waals surface area (Å²) < 4.78 is 20.7. The molecule has 4 heterocycles. The normalized spacial score (nSPS) is 24.4. The van der Waals surface area contributed by atoms with E-state index in [1.54, 1.807) is 6.92 Å². The second kappa shape index (κ2) is 8.81. The number of nitrogens with zero attached hydrogens (tertiary/aromatic N) is 3. The maximum Gasteiger partial charge on any atom is 0.198 e. The van der Waals surface area contributed by atoms with Crippen LogP contribution in [0.2, 0.25) is 0 Å². The van der Waals surface area contributed by atoms with Gasteiger partial charge in [-0.1, -0.05) is 19.6 Å². The van der Waals surface area contributed by atoms with E-state index in [9.17, 15) is 9.65 Å². The predicted molar refractivity (Wildman–Crippen MR) is 140 cm³/mol. The average Bonchev–Trinajstić information content (AvgIpc) is 3.56. The molecule has 5 rings (SSSR count). The molecule has 3 N–H and O–H groups in total. The number of nitrogens with one attached hydrogen (secondary N) is 1. The zero-order valence-corrected chi connectivity index (χ0v) is 21.2. The molecule has 1 saturated heterocycles. The van der Waals surface area contributed by atoms with Crippen LogP contribution in [0, 0.1) is 17.2 Å². The van der Waals surface area contributed by atoms with Crippen LogP contribution >= 0.6 is 20.6 Å². The van der Waals surface area contributed by atoms with Crippen molar-refractivity contribution in [1.29, 1.82) is 5.26 Å². The molecular formula is C25H27FN5OPS. The fraction of sp³-hybridized carbons (Fsp3) is 0.360. The molecule has 176 valence electrons. The highest BCUT2D eigenvalue weighted by Crippen LogP contribution is 2.50. The number of hydrogen-bond donors (Lipinski definition) is 2. The van der Waals surface area contributed by atoms with Crippen LogP contribution in [0.4, 0.5) is 9.39 Å². The standard InChI is InChI=1S/C25H27FN5OPS/c1-4-18(26)23-20(14(7-27)24(28)34-23)13(3)19-17-11-32-10-16(17)15-8-29-25(30-21(15)22(19)33)31-6-5-12(2)9-31/h4,8,12,21H,3,5-6,9-11,28,33H2,1-2H3,(H,29,30)/b18-4+. The number of allylic oxidation sites excluding steroid dienone is 2.